The van der Waals surface area contributed by atoms with Crippen LogP contribution in [0, 0.1) is 12.3 Å². The Morgan fingerprint density at radius 1 is 1.32 bits per heavy atom. The maximum atomic E-state index is 5.82. The predicted octanol–water partition coefficient (Wildman–Crippen LogP) is 1.99. The summed E-state index contributed by atoms with van der Waals surface area (Å²) in [4.78, 5) is 10.8. The first-order valence-electron chi connectivity index (χ1n) is 6.84. The Bertz CT molecular complexity index is 406. The van der Waals surface area contributed by atoms with Crippen LogP contribution >= 0.6 is 0 Å². The van der Waals surface area contributed by atoms with Crippen molar-refractivity contribution in [2.75, 3.05) is 31.1 Å². The Hall–Kier alpha value is -1.36. The van der Waals surface area contributed by atoms with Gasteiger partial charge in [0.25, 0.3) is 0 Å². The van der Waals surface area contributed by atoms with Crippen LogP contribution in [0.3, 0.4) is 0 Å². The minimum Gasteiger partial charge on any atom is -0.478 e. The van der Waals surface area contributed by atoms with Gasteiger partial charge in [0.1, 0.15) is 12.1 Å². The van der Waals surface area contributed by atoms with Crippen LogP contribution in [0.4, 0.5) is 5.82 Å². The van der Waals surface area contributed by atoms with Crippen LogP contribution in [-0.2, 0) is 0 Å². The lowest BCUT2D eigenvalue weighted by molar-refractivity contribution is 0.323. The van der Waals surface area contributed by atoms with Gasteiger partial charge in [0.05, 0.1) is 12.2 Å². The highest BCUT2D eigenvalue weighted by atomic mass is 16.5. The van der Waals surface area contributed by atoms with Crippen molar-refractivity contribution in [1.29, 1.82) is 0 Å². The van der Waals surface area contributed by atoms with Crippen molar-refractivity contribution in [2.45, 2.75) is 34.6 Å². The van der Waals surface area contributed by atoms with Crippen molar-refractivity contribution in [1.82, 2.24) is 9.97 Å². The molecule has 0 aliphatic carbocycles. The molecule has 2 N–H and O–H groups in total. The summed E-state index contributed by atoms with van der Waals surface area (Å²) in [5.41, 5.74) is 6.86. The molecule has 0 saturated heterocycles. The van der Waals surface area contributed by atoms with E-state index in [2.05, 4.69) is 35.6 Å². The van der Waals surface area contributed by atoms with Crippen LogP contribution < -0.4 is 15.4 Å². The molecular formula is C14H26N4O. The van der Waals surface area contributed by atoms with E-state index < -0.39 is 0 Å². The third kappa shape index (κ3) is 4.06. The summed E-state index contributed by atoms with van der Waals surface area (Å²) in [6.07, 6.45) is 1.56. The lowest BCUT2D eigenvalue weighted by Gasteiger charge is -2.32. The first kappa shape index (κ1) is 15.7. The average Bonchev–Trinajstić information content (AvgIpc) is 2.39. The highest BCUT2D eigenvalue weighted by Crippen LogP contribution is 2.26. The van der Waals surface area contributed by atoms with E-state index in [1.165, 1.54) is 0 Å². The lowest BCUT2D eigenvalue weighted by Crippen LogP contribution is -2.39. The minimum absolute atomic E-state index is 0.0547. The van der Waals surface area contributed by atoms with Gasteiger partial charge in [0.2, 0.25) is 5.88 Å². The van der Waals surface area contributed by atoms with Gasteiger partial charge in [-0.15, -0.1) is 0 Å². The molecular weight excluding hydrogens is 240 g/mol. The summed E-state index contributed by atoms with van der Waals surface area (Å²) in [6.45, 7) is 13.4. The fourth-order valence-corrected chi connectivity index (χ4v) is 1.94. The summed E-state index contributed by atoms with van der Waals surface area (Å²) in [7, 11) is 0. The van der Waals surface area contributed by atoms with Gasteiger partial charge in [0, 0.05) is 13.1 Å². The van der Waals surface area contributed by atoms with Gasteiger partial charge in [0.15, 0.2) is 0 Å². The molecule has 0 saturated carbocycles. The summed E-state index contributed by atoms with van der Waals surface area (Å²) in [5, 5.41) is 0. The number of hydrogen-bond donors (Lipinski definition) is 1. The Labute approximate surface area is 116 Å². The molecule has 0 amide bonds. The SMILES string of the molecule is CCOc1ncnc(N(CC)CC(C)(C)CN)c1C. The lowest BCUT2D eigenvalue weighted by atomic mass is 9.93. The molecule has 0 unspecified atom stereocenters. The van der Waals surface area contributed by atoms with Crippen LogP contribution in [-0.4, -0.2) is 36.2 Å². The van der Waals surface area contributed by atoms with Crippen molar-refractivity contribution in [2.24, 2.45) is 11.1 Å². The summed E-state index contributed by atoms with van der Waals surface area (Å²) in [5.74, 6) is 1.60. The number of ether oxygens (including phenoxy) is 1. The number of nitrogens with two attached hydrogens (primary N) is 1. The van der Waals surface area contributed by atoms with Crippen molar-refractivity contribution in [3.63, 3.8) is 0 Å². The second-order valence-electron chi connectivity index (χ2n) is 5.44. The van der Waals surface area contributed by atoms with Crippen molar-refractivity contribution < 1.29 is 4.74 Å². The van der Waals surface area contributed by atoms with E-state index in [-0.39, 0.29) is 5.41 Å². The molecule has 1 aromatic heterocycles. The Balaban J connectivity index is 3.01. The van der Waals surface area contributed by atoms with Gasteiger partial charge >= 0.3 is 0 Å². The molecule has 0 bridgehead atoms. The fourth-order valence-electron chi connectivity index (χ4n) is 1.94. The average molecular weight is 266 g/mol. The first-order valence-corrected chi connectivity index (χ1v) is 6.84. The van der Waals surface area contributed by atoms with Crippen LogP contribution in [0.2, 0.25) is 0 Å². The molecule has 0 aliphatic heterocycles. The number of rotatable bonds is 7. The Kier molecular flexibility index (Phi) is 5.54. The Morgan fingerprint density at radius 2 is 2.00 bits per heavy atom. The molecule has 1 aromatic rings. The van der Waals surface area contributed by atoms with E-state index in [4.69, 9.17) is 10.5 Å². The van der Waals surface area contributed by atoms with Gasteiger partial charge in [-0.25, -0.2) is 9.97 Å². The van der Waals surface area contributed by atoms with Crippen molar-refractivity contribution in [3.05, 3.63) is 11.9 Å². The summed E-state index contributed by atoms with van der Waals surface area (Å²) < 4.78 is 5.53. The van der Waals surface area contributed by atoms with Gasteiger partial charge in [-0.3, -0.25) is 0 Å². The zero-order chi connectivity index (χ0) is 14.5. The molecule has 1 rings (SSSR count). The molecule has 1 heterocycles. The van der Waals surface area contributed by atoms with Crippen LogP contribution in [0.1, 0.15) is 33.3 Å². The molecule has 19 heavy (non-hydrogen) atoms. The normalized spacial score (nSPS) is 11.5. The molecule has 0 aliphatic rings. The maximum absolute atomic E-state index is 5.82. The molecule has 0 atom stereocenters. The van der Waals surface area contributed by atoms with E-state index >= 15 is 0 Å². The van der Waals surface area contributed by atoms with Gasteiger partial charge < -0.3 is 15.4 Å². The number of nitrogens with zero attached hydrogens (tertiary/aromatic N) is 3. The van der Waals surface area contributed by atoms with E-state index in [0.29, 0.717) is 19.0 Å². The van der Waals surface area contributed by atoms with Gasteiger partial charge in [-0.2, -0.15) is 0 Å². The van der Waals surface area contributed by atoms with Gasteiger partial charge in [-0.1, -0.05) is 13.8 Å². The smallest absolute Gasteiger partial charge is 0.221 e. The number of hydrogen-bond acceptors (Lipinski definition) is 5. The highest BCUT2D eigenvalue weighted by molar-refractivity contribution is 5.50. The second kappa shape index (κ2) is 6.70. The summed E-state index contributed by atoms with van der Waals surface area (Å²) >= 11 is 0. The zero-order valence-corrected chi connectivity index (χ0v) is 12.7. The first-order chi connectivity index (χ1) is 8.95. The van der Waals surface area contributed by atoms with Gasteiger partial charge in [-0.05, 0) is 32.7 Å². The number of aromatic nitrogens is 2. The topological polar surface area (TPSA) is 64.3 Å². The molecule has 0 fully saturated rings. The molecule has 0 spiro atoms. The minimum atomic E-state index is 0.0547. The van der Waals surface area contributed by atoms with Crippen LogP contribution in [0.5, 0.6) is 5.88 Å². The van der Waals surface area contributed by atoms with Crippen LogP contribution in [0.25, 0.3) is 0 Å². The molecule has 0 aromatic carbocycles. The predicted molar refractivity (Wildman–Crippen MR) is 78.7 cm³/mol. The maximum Gasteiger partial charge on any atom is 0.221 e. The van der Waals surface area contributed by atoms with Crippen molar-refractivity contribution >= 4 is 5.82 Å². The fraction of sp³-hybridized carbons (Fsp3) is 0.714. The third-order valence-electron chi connectivity index (χ3n) is 3.15. The quantitative estimate of drug-likeness (QED) is 0.817. The third-order valence-corrected chi connectivity index (χ3v) is 3.15. The summed E-state index contributed by atoms with van der Waals surface area (Å²) in [6, 6.07) is 0. The molecule has 5 nitrogen and oxygen atoms in total. The van der Waals surface area contributed by atoms with E-state index in [1.54, 1.807) is 6.33 Å². The molecule has 5 heteroatoms. The highest BCUT2D eigenvalue weighted by Gasteiger charge is 2.22. The van der Waals surface area contributed by atoms with E-state index in [9.17, 15) is 0 Å². The second-order valence-corrected chi connectivity index (χ2v) is 5.44. The van der Waals surface area contributed by atoms with Crippen LogP contribution in [0.15, 0.2) is 6.33 Å². The Morgan fingerprint density at radius 3 is 2.53 bits per heavy atom. The largest absolute Gasteiger partial charge is 0.478 e. The molecule has 0 radical (unpaired) electrons. The number of anilines is 1. The monoisotopic (exact) mass is 266 g/mol. The van der Waals surface area contributed by atoms with E-state index in [1.807, 2.05) is 13.8 Å². The standard InChI is InChI=1S/C14H26N4O/c1-6-18(9-14(4,5)8-15)12-11(3)13(19-7-2)17-10-16-12/h10H,6-9,15H2,1-5H3. The zero-order valence-electron chi connectivity index (χ0n) is 12.7. The molecule has 108 valence electrons. The van der Waals surface area contributed by atoms with Crippen molar-refractivity contribution in [3.8, 4) is 5.88 Å². The van der Waals surface area contributed by atoms with E-state index in [0.717, 1.165) is 24.5 Å².